The molecule has 8 heteroatoms. The molecule has 6 bridgehead atoms. The fourth-order valence-electron chi connectivity index (χ4n) is 4.89. The van der Waals surface area contributed by atoms with Gasteiger partial charge in [-0.15, -0.1) is 0 Å². The zero-order valence-electron chi connectivity index (χ0n) is 22.5. The first-order valence-electron chi connectivity index (χ1n) is 13.5. The average molecular weight is 525 g/mol. The van der Waals surface area contributed by atoms with Gasteiger partial charge in [0.1, 0.15) is 5.75 Å². The Labute approximate surface area is 230 Å². The maximum Gasteiger partial charge on any atom is 0.245 e. The number of rotatable bonds is 5. The molecule has 0 saturated carbocycles. The molecule has 0 atom stereocenters. The molecule has 1 aromatic heterocycles. The number of nitrogens with zero attached hydrogens (tertiary/aromatic N) is 4. The van der Waals surface area contributed by atoms with Gasteiger partial charge in [-0.1, -0.05) is 30.9 Å². The van der Waals surface area contributed by atoms with Crippen LogP contribution in [0.3, 0.4) is 0 Å². The lowest BCUT2D eigenvalue weighted by Gasteiger charge is -2.38. The number of likely N-dealkylation sites (N-methyl/N-ethyl adjacent to an activating group) is 1. The zero-order valence-corrected chi connectivity index (χ0v) is 22.5. The third-order valence-electron chi connectivity index (χ3n) is 6.95. The Morgan fingerprint density at radius 3 is 2.97 bits per heavy atom. The van der Waals surface area contributed by atoms with E-state index < -0.39 is 0 Å². The summed E-state index contributed by atoms with van der Waals surface area (Å²) < 4.78 is 5.96. The molecule has 3 heterocycles. The summed E-state index contributed by atoms with van der Waals surface area (Å²) >= 11 is 0. The SMILES string of the molecule is C=CC(=O)N1CC(CCNc2cc3cc(c2)Nc2nccc(n2)-c2cccc(c2)OCC/C=C/CN(C)C3)C1. The van der Waals surface area contributed by atoms with Crippen molar-refractivity contribution in [3.05, 3.63) is 85.1 Å². The number of aromatic nitrogens is 2. The Bertz CT molecular complexity index is 1330. The van der Waals surface area contributed by atoms with Crippen LogP contribution >= 0.6 is 0 Å². The molecule has 0 unspecified atom stereocenters. The number of fused-ring (bicyclic) bond motifs is 7. The number of hydrogen-bond acceptors (Lipinski definition) is 7. The van der Waals surface area contributed by atoms with E-state index in [4.69, 9.17) is 9.72 Å². The van der Waals surface area contributed by atoms with Crippen molar-refractivity contribution in [3.63, 3.8) is 0 Å². The van der Waals surface area contributed by atoms with Crippen molar-refractivity contribution in [2.24, 2.45) is 5.92 Å². The van der Waals surface area contributed by atoms with Gasteiger partial charge < -0.3 is 20.3 Å². The first kappa shape index (κ1) is 26.4. The fourth-order valence-corrected chi connectivity index (χ4v) is 4.89. The van der Waals surface area contributed by atoms with Crippen LogP contribution in [-0.2, 0) is 11.3 Å². The molecule has 0 aliphatic carbocycles. The van der Waals surface area contributed by atoms with Crippen molar-refractivity contribution in [1.82, 2.24) is 19.8 Å². The Hall–Kier alpha value is -4.17. The normalized spacial score (nSPS) is 17.0. The van der Waals surface area contributed by atoms with Crippen molar-refractivity contribution in [1.29, 1.82) is 0 Å². The van der Waals surface area contributed by atoms with Crippen LogP contribution in [0.2, 0.25) is 0 Å². The molecule has 2 aromatic carbocycles. The summed E-state index contributed by atoms with van der Waals surface area (Å²) in [6.45, 7) is 8.30. The van der Waals surface area contributed by atoms with E-state index in [-0.39, 0.29) is 5.91 Å². The molecule has 2 aliphatic rings. The summed E-state index contributed by atoms with van der Waals surface area (Å²) in [6, 6.07) is 16.4. The lowest BCUT2D eigenvalue weighted by molar-refractivity contribution is -0.132. The molecule has 3 aromatic rings. The summed E-state index contributed by atoms with van der Waals surface area (Å²) in [5, 5.41) is 7.01. The van der Waals surface area contributed by atoms with Crippen LogP contribution in [0.25, 0.3) is 11.3 Å². The van der Waals surface area contributed by atoms with Crippen LogP contribution in [0.15, 0.2) is 79.5 Å². The molecule has 0 radical (unpaired) electrons. The second-order valence-corrected chi connectivity index (χ2v) is 10.2. The Morgan fingerprint density at radius 2 is 2.10 bits per heavy atom. The summed E-state index contributed by atoms with van der Waals surface area (Å²) in [6.07, 6.45) is 9.39. The Balaban J connectivity index is 1.34. The van der Waals surface area contributed by atoms with Crippen LogP contribution in [0.1, 0.15) is 18.4 Å². The third kappa shape index (κ3) is 7.23. The van der Waals surface area contributed by atoms with Crippen LogP contribution in [0, 0.1) is 5.92 Å². The average Bonchev–Trinajstić information content (AvgIpc) is 2.91. The van der Waals surface area contributed by atoms with Crippen molar-refractivity contribution in [2.75, 3.05) is 50.5 Å². The molecule has 0 spiro atoms. The number of nitrogens with one attached hydrogen (secondary N) is 2. The number of hydrogen-bond donors (Lipinski definition) is 2. The maximum absolute atomic E-state index is 11.7. The molecule has 2 aliphatic heterocycles. The van der Waals surface area contributed by atoms with E-state index in [0.717, 1.165) is 73.9 Å². The first-order chi connectivity index (χ1) is 19.1. The van der Waals surface area contributed by atoms with Gasteiger partial charge in [-0.25, -0.2) is 9.97 Å². The number of carbonyl (C=O) groups is 1. The molecule has 1 saturated heterocycles. The van der Waals surface area contributed by atoms with E-state index in [1.165, 1.54) is 11.6 Å². The Kier molecular flexibility index (Phi) is 8.53. The van der Waals surface area contributed by atoms with Gasteiger partial charge in [0.25, 0.3) is 0 Å². The summed E-state index contributed by atoms with van der Waals surface area (Å²) in [7, 11) is 2.12. The fraction of sp³-hybridized carbons (Fsp3) is 0.323. The molecular weight excluding hydrogens is 488 g/mol. The number of likely N-dealkylation sites (tertiary alicyclic amines) is 1. The van der Waals surface area contributed by atoms with Crippen LogP contribution < -0.4 is 15.4 Å². The number of benzene rings is 2. The maximum atomic E-state index is 11.7. The minimum Gasteiger partial charge on any atom is -0.493 e. The molecule has 1 amide bonds. The van der Waals surface area contributed by atoms with Crippen LogP contribution in [0.4, 0.5) is 17.3 Å². The van der Waals surface area contributed by atoms with Crippen molar-refractivity contribution < 1.29 is 9.53 Å². The van der Waals surface area contributed by atoms with Crippen molar-refractivity contribution in [2.45, 2.75) is 19.4 Å². The van der Waals surface area contributed by atoms with Gasteiger partial charge in [0.15, 0.2) is 0 Å². The topological polar surface area (TPSA) is 82.6 Å². The van der Waals surface area contributed by atoms with Gasteiger partial charge in [0.2, 0.25) is 11.9 Å². The molecule has 5 rings (SSSR count). The van der Waals surface area contributed by atoms with E-state index >= 15 is 0 Å². The quantitative estimate of drug-likeness (QED) is 0.355. The smallest absolute Gasteiger partial charge is 0.245 e. The predicted octanol–water partition coefficient (Wildman–Crippen LogP) is 5.10. The van der Waals surface area contributed by atoms with E-state index in [9.17, 15) is 4.79 Å². The summed E-state index contributed by atoms with van der Waals surface area (Å²) in [5.74, 6) is 1.91. The zero-order chi connectivity index (χ0) is 27.0. The number of carbonyl (C=O) groups excluding carboxylic acids is 1. The second-order valence-electron chi connectivity index (χ2n) is 10.2. The van der Waals surface area contributed by atoms with E-state index in [2.05, 4.69) is 64.5 Å². The lowest BCUT2D eigenvalue weighted by Crippen LogP contribution is -2.49. The second kappa shape index (κ2) is 12.6. The van der Waals surface area contributed by atoms with Crippen LogP contribution in [-0.4, -0.2) is 65.5 Å². The lowest BCUT2D eigenvalue weighted by atomic mass is 9.96. The number of anilines is 3. The van der Waals surface area contributed by atoms with E-state index in [1.807, 2.05) is 35.2 Å². The highest BCUT2D eigenvalue weighted by Gasteiger charge is 2.28. The van der Waals surface area contributed by atoms with E-state index in [0.29, 0.717) is 18.5 Å². The first-order valence-corrected chi connectivity index (χ1v) is 13.5. The number of amides is 1. The molecular formula is C31H36N6O2. The summed E-state index contributed by atoms with van der Waals surface area (Å²) in [5.41, 5.74) is 4.99. The Morgan fingerprint density at radius 1 is 1.21 bits per heavy atom. The largest absolute Gasteiger partial charge is 0.493 e. The van der Waals surface area contributed by atoms with Crippen molar-refractivity contribution >= 4 is 23.2 Å². The standard InChI is InChI=1S/C31H36N6O2/c1-3-30(38)37-21-23(22-37)10-12-32-26-16-24-17-27(19-26)34-31-33-13-11-29(35-31)25-8-7-9-28(18-25)39-15-6-4-5-14-36(2)20-24/h3-5,7-9,11,13,16-19,23,32H,1,6,10,12,14-15,20-22H2,2H3,(H,33,34,35)/b5-4+. The molecule has 1 fully saturated rings. The minimum absolute atomic E-state index is 0.0195. The summed E-state index contributed by atoms with van der Waals surface area (Å²) in [4.78, 5) is 25.1. The van der Waals surface area contributed by atoms with Gasteiger partial charge >= 0.3 is 0 Å². The van der Waals surface area contributed by atoms with Gasteiger partial charge in [-0.05, 0) is 73.8 Å². The highest BCUT2D eigenvalue weighted by Crippen LogP contribution is 2.26. The molecule has 8 nitrogen and oxygen atoms in total. The molecule has 2 N–H and O–H groups in total. The molecule has 39 heavy (non-hydrogen) atoms. The van der Waals surface area contributed by atoms with Crippen LogP contribution in [0.5, 0.6) is 5.75 Å². The van der Waals surface area contributed by atoms with Gasteiger partial charge in [-0.3, -0.25) is 9.69 Å². The highest BCUT2D eigenvalue weighted by molar-refractivity contribution is 5.87. The van der Waals surface area contributed by atoms with Gasteiger partial charge in [-0.2, -0.15) is 0 Å². The van der Waals surface area contributed by atoms with Gasteiger partial charge in [0, 0.05) is 55.9 Å². The van der Waals surface area contributed by atoms with Crippen molar-refractivity contribution in [3.8, 4) is 17.0 Å². The third-order valence-corrected chi connectivity index (χ3v) is 6.95. The highest BCUT2D eigenvalue weighted by atomic mass is 16.5. The number of ether oxygens (including phenoxy) is 1. The monoisotopic (exact) mass is 524 g/mol. The van der Waals surface area contributed by atoms with Gasteiger partial charge in [0.05, 0.1) is 12.3 Å². The van der Waals surface area contributed by atoms with E-state index in [1.54, 1.807) is 6.20 Å². The molecule has 202 valence electrons. The predicted molar refractivity (Wildman–Crippen MR) is 156 cm³/mol. The minimum atomic E-state index is 0.0195.